The molecule has 13 nitrogen and oxygen atoms in total. The van der Waals surface area contributed by atoms with Crippen LogP contribution in [0.1, 0.15) is 52.8 Å². The lowest BCUT2D eigenvalue weighted by molar-refractivity contribution is 0.0911. The third kappa shape index (κ3) is 6.77. The summed E-state index contributed by atoms with van der Waals surface area (Å²) in [4.78, 5) is 48.5. The van der Waals surface area contributed by atoms with Gasteiger partial charge in [0.05, 0.1) is 38.6 Å². The van der Waals surface area contributed by atoms with Gasteiger partial charge in [-0.3, -0.25) is 23.7 Å². The highest BCUT2D eigenvalue weighted by Gasteiger charge is 2.34. The van der Waals surface area contributed by atoms with Crippen molar-refractivity contribution in [3.63, 3.8) is 0 Å². The van der Waals surface area contributed by atoms with Gasteiger partial charge in [0.25, 0.3) is 0 Å². The summed E-state index contributed by atoms with van der Waals surface area (Å²) in [5.41, 5.74) is 7.78. The Morgan fingerprint density at radius 2 is 1.29 bits per heavy atom. The third-order valence-electron chi connectivity index (χ3n) is 6.51. The zero-order valence-electron chi connectivity index (χ0n) is 23.4. The minimum atomic E-state index is -3.56. The van der Waals surface area contributed by atoms with E-state index >= 15 is 0 Å². The highest BCUT2D eigenvalue weighted by molar-refractivity contribution is 9.09. The first-order chi connectivity index (χ1) is 19.9. The second kappa shape index (κ2) is 14.2. The van der Waals surface area contributed by atoms with E-state index in [1.165, 1.54) is 20.3 Å². The van der Waals surface area contributed by atoms with Gasteiger partial charge in [0.1, 0.15) is 11.4 Å². The molecule has 42 heavy (non-hydrogen) atoms. The van der Waals surface area contributed by atoms with Crippen molar-refractivity contribution in [2.24, 2.45) is 19.6 Å². The number of nitrogens with zero attached hydrogens (tertiary/aromatic N) is 3. The second-order valence-corrected chi connectivity index (χ2v) is 12.7. The van der Waals surface area contributed by atoms with Gasteiger partial charge in [-0.15, -0.1) is 0 Å². The van der Waals surface area contributed by atoms with Gasteiger partial charge >= 0.3 is 7.67 Å². The molecule has 0 amide bonds. The smallest absolute Gasteiger partial charge is 0.341 e. The largest absolute Gasteiger partial charge is 0.492 e. The van der Waals surface area contributed by atoms with E-state index in [4.69, 9.17) is 24.6 Å². The van der Waals surface area contributed by atoms with Gasteiger partial charge in [0, 0.05) is 73.5 Å². The maximum Gasteiger partial charge on any atom is 0.341 e. The predicted molar refractivity (Wildman–Crippen MR) is 160 cm³/mol. The number of alkyl halides is 2. The number of nitrogens with two attached hydrogens (primary N) is 1. The molecule has 2 aliphatic rings. The van der Waals surface area contributed by atoms with Gasteiger partial charge < -0.3 is 28.2 Å². The molecule has 0 spiro atoms. The van der Waals surface area contributed by atoms with Crippen LogP contribution in [-0.2, 0) is 45.9 Å². The van der Waals surface area contributed by atoms with Crippen molar-refractivity contribution in [2.45, 2.75) is 13.2 Å². The zero-order valence-corrected chi connectivity index (χ0v) is 27.5. The fraction of sp³-hybridized carbons (Fsp3) is 0.385. The minimum Gasteiger partial charge on any atom is -0.492 e. The number of rotatable bonds is 11. The van der Waals surface area contributed by atoms with Crippen molar-refractivity contribution in [3.8, 4) is 0 Å². The maximum atomic E-state index is 12.8. The number of carbonyl (C=O) groups excluding carboxylic acids is 4. The van der Waals surface area contributed by atoms with E-state index in [0.717, 1.165) is 6.08 Å². The van der Waals surface area contributed by atoms with Crippen LogP contribution in [0.4, 0.5) is 0 Å². The van der Waals surface area contributed by atoms with Crippen molar-refractivity contribution in [1.82, 2.24) is 13.8 Å². The van der Waals surface area contributed by atoms with Gasteiger partial charge in [0.2, 0.25) is 23.1 Å². The van der Waals surface area contributed by atoms with Crippen molar-refractivity contribution in [1.29, 1.82) is 0 Å². The van der Waals surface area contributed by atoms with Crippen LogP contribution < -0.4 is 5.50 Å². The van der Waals surface area contributed by atoms with E-state index < -0.39 is 13.5 Å². The van der Waals surface area contributed by atoms with Gasteiger partial charge in [-0.25, -0.2) is 10.2 Å². The van der Waals surface area contributed by atoms with Crippen LogP contribution in [0.2, 0.25) is 0 Å². The molecular formula is C26H31Br2N4O9P. The number of aromatic nitrogens is 2. The molecule has 2 aliphatic carbocycles. The number of aliphatic hydroxyl groups is 1. The molecule has 228 valence electrons. The number of Topliss-reactive ketones (excluding diaryl/α,β-unsaturated/α-hetero) is 2. The molecule has 3 N–H and O–H groups in total. The second-order valence-electron chi connectivity index (χ2n) is 9.12. The van der Waals surface area contributed by atoms with Crippen LogP contribution in [0, 0.1) is 0 Å². The molecule has 4 rings (SSSR count). The summed E-state index contributed by atoms with van der Waals surface area (Å²) < 4.78 is 32.7. The summed E-state index contributed by atoms with van der Waals surface area (Å²) in [6, 6.07) is 0. The first-order valence-corrected chi connectivity index (χ1v) is 16.3. The van der Waals surface area contributed by atoms with E-state index in [9.17, 15) is 23.7 Å². The summed E-state index contributed by atoms with van der Waals surface area (Å²) in [5, 5.41) is 10.3. The van der Waals surface area contributed by atoms with E-state index in [1.54, 1.807) is 40.3 Å². The normalized spacial score (nSPS) is 15.8. The molecule has 1 atom stereocenters. The monoisotopic (exact) mass is 732 g/mol. The average molecular weight is 734 g/mol. The van der Waals surface area contributed by atoms with E-state index in [2.05, 4.69) is 31.9 Å². The van der Waals surface area contributed by atoms with Crippen LogP contribution in [0.3, 0.4) is 0 Å². The number of hydrogen-bond acceptors (Lipinski definition) is 9. The fourth-order valence-corrected chi connectivity index (χ4v) is 7.25. The Morgan fingerprint density at radius 3 is 1.69 bits per heavy atom. The van der Waals surface area contributed by atoms with Gasteiger partial charge in [-0.05, 0) is 0 Å². The fourth-order valence-electron chi connectivity index (χ4n) is 4.60. The summed E-state index contributed by atoms with van der Waals surface area (Å²) in [6.45, 7) is 0.452. The molecule has 2 aromatic heterocycles. The number of fused-ring (bicyclic) bond motifs is 2. The first-order valence-electron chi connectivity index (χ1n) is 12.4. The SMILES string of the molecule is COC1=CC(=O)c2c(c(CO)cn2C)C1=O.COC1=CC(=O)c2c(c(COP(N)(=O)N(CCBr)CCBr)cn2C)C1=O. The molecule has 0 radical (unpaired) electrons. The van der Waals surface area contributed by atoms with Crippen molar-refractivity contribution < 1.29 is 42.8 Å². The Bertz CT molecular complexity index is 1520. The Balaban J connectivity index is 0.000000258. The van der Waals surface area contributed by atoms with Gasteiger partial charge in [-0.2, -0.15) is 0 Å². The standard InChI is InChI=1S/C15H20Br2N3O5P.C11H11NO4/c1-19-8-10(9-25-26(18,23)20(5-3-16)6-4-17)13-14(19)11(21)7-12(24-2)15(13)22;1-12-4-6(5-13)9-10(12)7(14)3-8(16-2)11(9)15/h7-8H,3-6,9H2,1-2H3,(H2,18,23);3-4,13H,5H2,1-2H3. The minimum absolute atomic E-state index is 0.0124. The average Bonchev–Trinajstić information content (AvgIpc) is 3.48. The molecule has 1 unspecified atom stereocenters. The van der Waals surface area contributed by atoms with Crippen molar-refractivity contribution in [3.05, 3.63) is 69.7 Å². The van der Waals surface area contributed by atoms with Gasteiger partial charge in [-0.1, -0.05) is 31.9 Å². The molecule has 0 aromatic carbocycles. The number of ether oxygens (including phenoxy) is 2. The summed E-state index contributed by atoms with van der Waals surface area (Å²) >= 11 is 6.59. The topological polar surface area (TPSA) is 172 Å². The molecule has 0 saturated heterocycles. The number of carbonyl (C=O) groups is 4. The lowest BCUT2D eigenvalue weighted by Crippen LogP contribution is -2.29. The quantitative estimate of drug-likeness (QED) is 0.257. The highest BCUT2D eigenvalue weighted by Crippen LogP contribution is 2.44. The third-order valence-corrected chi connectivity index (χ3v) is 8.90. The zero-order chi connectivity index (χ0) is 31.4. The van der Waals surface area contributed by atoms with Crippen molar-refractivity contribution >= 4 is 62.7 Å². The molecule has 2 heterocycles. The van der Waals surface area contributed by atoms with Crippen LogP contribution in [0.15, 0.2) is 36.1 Å². The number of halogens is 2. The van der Waals surface area contributed by atoms with Gasteiger partial charge in [0.15, 0.2) is 11.5 Å². The molecular weight excluding hydrogens is 703 g/mol. The maximum absolute atomic E-state index is 12.8. The molecule has 0 fully saturated rings. The molecule has 0 aliphatic heterocycles. The summed E-state index contributed by atoms with van der Waals surface area (Å²) in [7, 11) is 2.42. The Morgan fingerprint density at radius 1 is 0.857 bits per heavy atom. The number of methoxy groups -OCH3 is 2. The van der Waals surface area contributed by atoms with Crippen LogP contribution in [0.25, 0.3) is 0 Å². The Hall–Kier alpha value is -2.65. The number of aliphatic hydroxyl groups excluding tert-OH is 1. The lowest BCUT2D eigenvalue weighted by atomic mass is 9.97. The number of hydrogen-bond donors (Lipinski definition) is 2. The number of aryl methyl sites for hydroxylation is 2. The van der Waals surface area contributed by atoms with E-state index in [0.29, 0.717) is 40.6 Å². The van der Waals surface area contributed by atoms with E-state index in [1.807, 2.05) is 0 Å². The van der Waals surface area contributed by atoms with Crippen LogP contribution in [0.5, 0.6) is 0 Å². The Kier molecular flexibility index (Phi) is 11.5. The molecule has 16 heteroatoms. The van der Waals surface area contributed by atoms with E-state index in [-0.39, 0.29) is 58.9 Å². The highest BCUT2D eigenvalue weighted by atomic mass is 79.9. The summed E-state index contributed by atoms with van der Waals surface area (Å²) in [6.07, 6.45) is 5.52. The summed E-state index contributed by atoms with van der Waals surface area (Å²) in [5.74, 6) is -1.41. The predicted octanol–water partition coefficient (Wildman–Crippen LogP) is 3.04. The molecule has 2 aromatic rings. The first kappa shape index (κ1) is 33.8. The lowest BCUT2D eigenvalue weighted by Gasteiger charge is -2.26. The van der Waals surface area contributed by atoms with Crippen LogP contribution >= 0.6 is 39.5 Å². The number of ketones is 4. The van der Waals surface area contributed by atoms with Crippen LogP contribution in [-0.4, -0.2) is 80.0 Å². The van der Waals surface area contributed by atoms with Crippen molar-refractivity contribution in [2.75, 3.05) is 38.0 Å². The molecule has 0 bridgehead atoms. The molecule has 0 saturated carbocycles. The Labute approximate surface area is 259 Å². The number of allylic oxidation sites excluding steroid dienone is 4.